The second-order valence-corrected chi connectivity index (χ2v) is 6.34. The van der Waals surface area contributed by atoms with Crippen molar-refractivity contribution in [1.82, 2.24) is 5.32 Å². The lowest BCUT2D eigenvalue weighted by atomic mass is 10.2. The van der Waals surface area contributed by atoms with Crippen LogP contribution >= 0.6 is 11.6 Å². The van der Waals surface area contributed by atoms with E-state index in [1.54, 1.807) is 18.2 Å². The smallest absolute Gasteiger partial charge is 0.261 e. The highest BCUT2D eigenvalue weighted by Crippen LogP contribution is 2.19. The summed E-state index contributed by atoms with van der Waals surface area (Å²) in [5.74, 6) is -0.289. The summed E-state index contributed by atoms with van der Waals surface area (Å²) in [6, 6.07) is 12.0. The molecule has 2 aromatic rings. The summed E-state index contributed by atoms with van der Waals surface area (Å²) in [6.07, 6.45) is 0. The van der Waals surface area contributed by atoms with Crippen molar-refractivity contribution in [2.24, 2.45) is 0 Å². The number of hydrogen-bond acceptors (Lipinski definition) is 3. The van der Waals surface area contributed by atoms with Crippen molar-refractivity contribution >= 4 is 33.2 Å². The number of hydrogen-bond donors (Lipinski definition) is 2. The molecule has 0 radical (unpaired) electrons. The largest absolute Gasteiger partial charge is 0.355 e. The SMILES string of the molecule is CNC(=O)c1cccc(NS(=O)(=O)c2ccc(Cl)cc2)c1. The number of nitrogens with one attached hydrogen (secondary N) is 2. The molecule has 0 bridgehead atoms. The van der Waals surface area contributed by atoms with Crippen LogP contribution in [0.3, 0.4) is 0 Å². The molecule has 0 aliphatic rings. The molecule has 0 heterocycles. The van der Waals surface area contributed by atoms with Gasteiger partial charge in [-0.25, -0.2) is 8.42 Å². The number of amides is 1. The molecule has 2 rings (SSSR count). The van der Waals surface area contributed by atoms with Gasteiger partial charge in [0, 0.05) is 23.3 Å². The molecule has 0 aliphatic carbocycles. The molecule has 0 saturated heterocycles. The van der Waals surface area contributed by atoms with Gasteiger partial charge in [0.2, 0.25) is 0 Å². The van der Waals surface area contributed by atoms with Crippen LogP contribution in [0.4, 0.5) is 5.69 Å². The number of halogens is 1. The fraction of sp³-hybridized carbons (Fsp3) is 0.0714. The summed E-state index contributed by atoms with van der Waals surface area (Å²) in [6.45, 7) is 0. The third-order valence-corrected chi connectivity index (χ3v) is 4.38. The van der Waals surface area contributed by atoms with E-state index in [0.717, 1.165) is 0 Å². The highest BCUT2D eigenvalue weighted by atomic mass is 35.5. The lowest BCUT2D eigenvalue weighted by Crippen LogP contribution is -2.18. The number of benzene rings is 2. The first-order chi connectivity index (χ1) is 9.92. The fourth-order valence-corrected chi connectivity index (χ4v) is 2.87. The van der Waals surface area contributed by atoms with Crippen LogP contribution in [-0.2, 0) is 10.0 Å². The van der Waals surface area contributed by atoms with E-state index in [4.69, 9.17) is 11.6 Å². The Morgan fingerprint density at radius 2 is 1.76 bits per heavy atom. The lowest BCUT2D eigenvalue weighted by Gasteiger charge is -2.09. The third kappa shape index (κ3) is 3.74. The van der Waals surface area contributed by atoms with Crippen LogP contribution in [0.5, 0.6) is 0 Å². The second kappa shape index (κ2) is 6.15. The summed E-state index contributed by atoms with van der Waals surface area (Å²) >= 11 is 5.73. The Labute approximate surface area is 128 Å². The zero-order valence-corrected chi connectivity index (χ0v) is 12.7. The maximum Gasteiger partial charge on any atom is 0.261 e. The minimum Gasteiger partial charge on any atom is -0.355 e. The van der Waals surface area contributed by atoms with E-state index in [-0.39, 0.29) is 10.8 Å². The third-order valence-electron chi connectivity index (χ3n) is 2.73. The molecule has 2 aromatic carbocycles. The van der Waals surface area contributed by atoms with Crippen LogP contribution in [0, 0.1) is 0 Å². The van der Waals surface area contributed by atoms with Crippen molar-refractivity contribution < 1.29 is 13.2 Å². The first-order valence-electron chi connectivity index (χ1n) is 6.03. The molecule has 0 aliphatic heterocycles. The Bertz CT molecular complexity index is 758. The van der Waals surface area contributed by atoms with Gasteiger partial charge in [-0.15, -0.1) is 0 Å². The van der Waals surface area contributed by atoms with Crippen molar-refractivity contribution in [2.75, 3.05) is 11.8 Å². The standard InChI is InChI=1S/C14H13ClN2O3S/c1-16-14(18)10-3-2-4-12(9-10)17-21(19,20)13-7-5-11(15)6-8-13/h2-9,17H,1H3,(H,16,18). The predicted molar refractivity (Wildman–Crippen MR) is 82.1 cm³/mol. The van der Waals surface area contributed by atoms with Crippen LogP contribution in [-0.4, -0.2) is 21.4 Å². The van der Waals surface area contributed by atoms with Crippen LogP contribution in [0.2, 0.25) is 5.02 Å². The van der Waals surface area contributed by atoms with Gasteiger partial charge in [0.15, 0.2) is 0 Å². The summed E-state index contributed by atoms with van der Waals surface area (Å²) in [5, 5.41) is 2.93. The van der Waals surface area contributed by atoms with Crippen molar-refractivity contribution in [1.29, 1.82) is 0 Å². The number of sulfonamides is 1. The van der Waals surface area contributed by atoms with Gasteiger partial charge < -0.3 is 5.32 Å². The molecule has 1 amide bonds. The van der Waals surface area contributed by atoms with Gasteiger partial charge in [-0.1, -0.05) is 17.7 Å². The first kappa shape index (κ1) is 15.3. The summed E-state index contributed by atoms with van der Waals surface area (Å²) in [5.41, 5.74) is 0.680. The Morgan fingerprint density at radius 3 is 2.38 bits per heavy atom. The van der Waals surface area contributed by atoms with Crippen molar-refractivity contribution in [3.63, 3.8) is 0 Å². The van der Waals surface area contributed by atoms with Gasteiger partial charge in [0.25, 0.3) is 15.9 Å². The van der Waals surface area contributed by atoms with E-state index in [1.807, 2.05) is 0 Å². The van der Waals surface area contributed by atoms with E-state index < -0.39 is 10.0 Å². The molecule has 0 unspecified atom stereocenters. The topological polar surface area (TPSA) is 75.3 Å². The first-order valence-corrected chi connectivity index (χ1v) is 7.89. The molecule has 21 heavy (non-hydrogen) atoms. The molecule has 5 nitrogen and oxygen atoms in total. The number of carbonyl (C=O) groups excluding carboxylic acids is 1. The maximum atomic E-state index is 12.2. The average molecular weight is 325 g/mol. The molecule has 2 N–H and O–H groups in total. The molecule has 0 saturated carbocycles. The van der Waals surface area contributed by atoms with Crippen molar-refractivity contribution in [3.05, 3.63) is 59.1 Å². The minimum atomic E-state index is -3.72. The molecule has 0 fully saturated rings. The van der Waals surface area contributed by atoms with Crippen LogP contribution in [0.25, 0.3) is 0 Å². The average Bonchev–Trinajstić information content (AvgIpc) is 2.46. The molecule has 0 aromatic heterocycles. The minimum absolute atomic E-state index is 0.0947. The van der Waals surface area contributed by atoms with Gasteiger partial charge in [0.05, 0.1) is 4.90 Å². The van der Waals surface area contributed by atoms with Crippen LogP contribution < -0.4 is 10.0 Å². The summed E-state index contributed by atoms with van der Waals surface area (Å²) in [4.78, 5) is 11.6. The van der Waals surface area contributed by atoms with Crippen LogP contribution in [0.15, 0.2) is 53.4 Å². The molecule has 7 heteroatoms. The summed E-state index contributed by atoms with van der Waals surface area (Å²) < 4.78 is 26.8. The molecular weight excluding hydrogens is 312 g/mol. The van der Waals surface area contributed by atoms with Crippen molar-refractivity contribution in [3.8, 4) is 0 Å². The quantitative estimate of drug-likeness (QED) is 0.907. The van der Waals surface area contributed by atoms with E-state index in [2.05, 4.69) is 10.0 Å². The zero-order valence-electron chi connectivity index (χ0n) is 11.1. The maximum absolute atomic E-state index is 12.2. The van der Waals surface area contributed by atoms with Gasteiger partial charge in [0.1, 0.15) is 0 Å². The van der Waals surface area contributed by atoms with Crippen molar-refractivity contribution in [2.45, 2.75) is 4.90 Å². The lowest BCUT2D eigenvalue weighted by molar-refractivity contribution is 0.0963. The Morgan fingerprint density at radius 1 is 1.10 bits per heavy atom. The Balaban J connectivity index is 2.28. The van der Waals surface area contributed by atoms with E-state index in [1.165, 1.54) is 37.4 Å². The normalized spacial score (nSPS) is 11.0. The zero-order chi connectivity index (χ0) is 15.5. The molecule has 0 atom stereocenters. The summed E-state index contributed by atoms with van der Waals surface area (Å²) in [7, 11) is -2.21. The monoisotopic (exact) mass is 324 g/mol. The molecular formula is C14H13ClN2O3S. The highest BCUT2D eigenvalue weighted by Gasteiger charge is 2.14. The predicted octanol–water partition coefficient (Wildman–Crippen LogP) is 2.50. The van der Waals surface area contributed by atoms with Gasteiger partial charge in [-0.2, -0.15) is 0 Å². The molecule has 110 valence electrons. The van der Waals surface area contributed by atoms with Gasteiger partial charge in [-0.3, -0.25) is 9.52 Å². The van der Waals surface area contributed by atoms with E-state index in [0.29, 0.717) is 16.3 Å². The second-order valence-electron chi connectivity index (χ2n) is 4.22. The number of anilines is 1. The number of carbonyl (C=O) groups is 1. The molecule has 0 spiro atoms. The van der Waals surface area contributed by atoms with E-state index in [9.17, 15) is 13.2 Å². The Hall–Kier alpha value is -2.05. The van der Waals surface area contributed by atoms with Crippen LogP contribution in [0.1, 0.15) is 10.4 Å². The number of rotatable bonds is 4. The highest BCUT2D eigenvalue weighted by molar-refractivity contribution is 7.92. The fourth-order valence-electron chi connectivity index (χ4n) is 1.70. The Kier molecular flexibility index (Phi) is 4.50. The van der Waals surface area contributed by atoms with E-state index >= 15 is 0 Å². The van der Waals surface area contributed by atoms with Gasteiger partial charge in [-0.05, 0) is 42.5 Å². The van der Waals surface area contributed by atoms with Gasteiger partial charge >= 0.3 is 0 Å².